The van der Waals surface area contributed by atoms with Crippen LogP contribution >= 0.6 is 11.6 Å². The van der Waals surface area contributed by atoms with Crippen molar-refractivity contribution in [1.29, 1.82) is 0 Å². The van der Waals surface area contributed by atoms with Gasteiger partial charge >= 0.3 is 0 Å². The summed E-state index contributed by atoms with van der Waals surface area (Å²) in [6.07, 6.45) is 0. The number of aromatic nitrogens is 2. The lowest BCUT2D eigenvalue weighted by Crippen LogP contribution is -2.34. The van der Waals surface area contributed by atoms with Crippen molar-refractivity contribution < 1.29 is 9.53 Å². The lowest BCUT2D eigenvalue weighted by Gasteiger charge is -2.23. The summed E-state index contributed by atoms with van der Waals surface area (Å²) in [6, 6.07) is 16.6. The van der Waals surface area contributed by atoms with Crippen molar-refractivity contribution in [3.63, 3.8) is 0 Å². The van der Waals surface area contributed by atoms with Crippen molar-refractivity contribution in [1.82, 2.24) is 9.78 Å². The van der Waals surface area contributed by atoms with Crippen LogP contribution in [0.1, 0.15) is 17.0 Å². The van der Waals surface area contributed by atoms with Crippen LogP contribution in [0.5, 0.6) is 5.75 Å². The number of nitrogens with zero attached hydrogens (tertiary/aromatic N) is 3. The molecule has 0 fully saturated rings. The van der Waals surface area contributed by atoms with Crippen LogP contribution in [0.3, 0.4) is 0 Å². The van der Waals surface area contributed by atoms with E-state index >= 15 is 0 Å². The van der Waals surface area contributed by atoms with Gasteiger partial charge in [-0.2, -0.15) is 5.10 Å². The zero-order chi connectivity index (χ0) is 19.4. The van der Waals surface area contributed by atoms with E-state index in [9.17, 15) is 4.79 Å². The van der Waals surface area contributed by atoms with Gasteiger partial charge in [0.1, 0.15) is 5.75 Å². The minimum absolute atomic E-state index is 0.0606. The second kappa shape index (κ2) is 8.27. The Hall–Kier alpha value is -2.79. The quantitative estimate of drug-likeness (QED) is 0.637. The molecule has 0 aliphatic carbocycles. The highest BCUT2D eigenvalue weighted by molar-refractivity contribution is 6.30. The van der Waals surface area contributed by atoms with Crippen LogP contribution in [0.2, 0.25) is 5.02 Å². The number of ether oxygens (including phenoxy) is 1. The lowest BCUT2D eigenvalue weighted by atomic mass is 10.1. The molecule has 1 amide bonds. The third kappa shape index (κ3) is 4.49. The molecule has 0 radical (unpaired) electrons. The minimum Gasteiger partial charge on any atom is -0.484 e. The van der Waals surface area contributed by atoms with Crippen LogP contribution in [0, 0.1) is 13.8 Å². The third-order valence-electron chi connectivity index (χ3n) is 4.52. The van der Waals surface area contributed by atoms with E-state index in [1.54, 1.807) is 29.2 Å². The lowest BCUT2D eigenvalue weighted by molar-refractivity contribution is -0.120. The first-order chi connectivity index (χ1) is 13.0. The fourth-order valence-electron chi connectivity index (χ4n) is 2.89. The average Bonchev–Trinajstić information content (AvgIpc) is 2.91. The molecule has 0 bridgehead atoms. The molecule has 27 heavy (non-hydrogen) atoms. The first-order valence-corrected chi connectivity index (χ1v) is 9.06. The smallest absolute Gasteiger partial charge is 0.265 e. The molecule has 0 spiro atoms. The van der Waals surface area contributed by atoms with Crippen LogP contribution in [0.15, 0.2) is 54.6 Å². The molecule has 0 saturated carbocycles. The highest BCUT2D eigenvalue weighted by atomic mass is 35.5. The maximum atomic E-state index is 13.0. The predicted molar refractivity (Wildman–Crippen MR) is 107 cm³/mol. The maximum Gasteiger partial charge on any atom is 0.265 e. The van der Waals surface area contributed by atoms with Crippen molar-refractivity contribution in [3.8, 4) is 5.75 Å². The van der Waals surface area contributed by atoms with Crippen LogP contribution in [-0.2, 0) is 18.4 Å². The second-order valence-corrected chi connectivity index (χ2v) is 6.77. The Morgan fingerprint density at radius 1 is 1.11 bits per heavy atom. The van der Waals surface area contributed by atoms with Gasteiger partial charge in [0.05, 0.1) is 12.2 Å². The number of halogens is 1. The molecule has 0 aliphatic rings. The summed E-state index contributed by atoms with van der Waals surface area (Å²) in [5, 5.41) is 5.08. The molecule has 1 heterocycles. The Balaban J connectivity index is 1.81. The standard InChI is InChI=1S/C21H22ClN3O2/c1-15-20(16(2)24(3)23-15)13-25(18-7-5-4-6-8-18)21(26)14-27-19-11-9-17(22)10-12-19/h4-12H,13-14H2,1-3H3. The molecule has 0 N–H and O–H groups in total. The first kappa shape index (κ1) is 19.0. The summed E-state index contributed by atoms with van der Waals surface area (Å²) in [5.41, 5.74) is 3.83. The SMILES string of the molecule is Cc1nn(C)c(C)c1CN(C(=O)COc1ccc(Cl)cc1)c1ccccc1. The van der Waals surface area contributed by atoms with E-state index < -0.39 is 0 Å². The number of hydrogen-bond donors (Lipinski definition) is 0. The number of benzene rings is 2. The molecule has 3 aromatic rings. The van der Waals surface area contributed by atoms with Gasteiger partial charge < -0.3 is 9.64 Å². The Morgan fingerprint density at radius 3 is 2.37 bits per heavy atom. The highest BCUT2D eigenvalue weighted by Crippen LogP contribution is 2.22. The largest absolute Gasteiger partial charge is 0.484 e. The molecule has 140 valence electrons. The zero-order valence-electron chi connectivity index (χ0n) is 15.6. The van der Waals surface area contributed by atoms with Gasteiger partial charge in [-0.3, -0.25) is 9.48 Å². The van der Waals surface area contributed by atoms with Crippen LogP contribution in [0.25, 0.3) is 0 Å². The number of carbonyl (C=O) groups excluding carboxylic acids is 1. The van der Waals surface area contributed by atoms with E-state index in [1.165, 1.54) is 0 Å². The van der Waals surface area contributed by atoms with Gasteiger partial charge in [-0.15, -0.1) is 0 Å². The summed E-state index contributed by atoms with van der Waals surface area (Å²) in [7, 11) is 1.91. The van der Waals surface area contributed by atoms with Crippen LogP contribution < -0.4 is 9.64 Å². The van der Waals surface area contributed by atoms with E-state index in [4.69, 9.17) is 16.3 Å². The number of anilines is 1. The van der Waals surface area contributed by atoms with Gasteiger partial charge in [-0.25, -0.2) is 0 Å². The molecule has 5 nitrogen and oxygen atoms in total. The summed E-state index contributed by atoms with van der Waals surface area (Å²) >= 11 is 5.89. The van der Waals surface area contributed by atoms with Crippen molar-refractivity contribution in [3.05, 3.63) is 76.6 Å². The number of aryl methyl sites for hydroxylation is 2. The van der Waals surface area contributed by atoms with Crippen molar-refractivity contribution in [2.75, 3.05) is 11.5 Å². The van der Waals surface area contributed by atoms with E-state index in [0.29, 0.717) is 17.3 Å². The first-order valence-electron chi connectivity index (χ1n) is 8.68. The number of carbonyl (C=O) groups is 1. The van der Waals surface area contributed by atoms with E-state index in [1.807, 2.05) is 55.9 Å². The van der Waals surface area contributed by atoms with Gasteiger partial charge in [0, 0.05) is 29.0 Å². The molecule has 0 atom stereocenters. The Labute approximate surface area is 164 Å². The molecule has 0 unspecified atom stereocenters. The molecule has 3 rings (SSSR count). The number of amides is 1. The summed E-state index contributed by atoms with van der Waals surface area (Å²) < 4.78 is 7.49. The van der Waals surface area contributed by atoms with Gasteiger partial charge in [0.25, 0.3) is 5.91 Å². The molecule has 0 saturated heterocycles. The van der Waals surface area contributed by atoms with Gasteiger partial charge in [-0.05, 0) is 50.2 Å². The topological polar surface area (TPSA) is 47.4 Å². The highest BCUT2D eigenvalue weighted by Gasteiger charge is 2.20. The van der Waals surface area contributed by atoms with Crippen molar-refractivity contribution in [2.24, 2.45) is 7.05 Å². The Bertz CT molecular complexity index is 921. The normalized spacial score (nSPS) is 10.7. The third-order valence-corrected chi connectivity index (χ3v) is 4.77. The number of para-hydroxylation sites is 1. The van der Waals surface area contributed by atoms with Gasteiger partial charge in [0.2, 0.25) is 0 Å². The second-order valence-electron chi connectivity index (χ2n) is 6.33. The summed E-state index contributed by atoms with van der Waals surface area (Å²) in [6.45, 7) is 4.35. The molecular formula is C21H22ClN3O2. The fraction of sp³-hybridized carbons (Fsp3) is 0.238. The number of hydrogen-bond acceptors (Lipinski definition) is 3. The van der Waals surface area contributed by atoms with E-state index in [2.05, 4.69) is 5.10 Å². The van der Waals surface area contributed by atoms with Crippen LogP contribution in [-0.4, -0.2) is 22.3 Å². The van der Waals surface area contributed by atoms with Crippen LogP contribution in [0.4, 0.5) is 5.69 Å². The van der Waals surface area contributed by atoms with E-state index in [0.717, 1.165) is 22.6 Å². The molecule has 2 aromatic carbocycles. The molecule has 1 aromatic heterocycles. The molecule has 0 aliphatic heterocycles. The Kier molecular flexibility index (Phi) is 5.81. The minimum atomic E-state index is -0.126. The summed E-state index contributed by atoms with van der Waals surface area (Å²) in [4.78, 5) is 14.7. The van der Waals surface area contributed by atoms with Gasteiger partial charge in [-0.1, -0.05) is 29.8 Å². The van der Waals surface area contributed by atoms with Crippen molar-refractivity contribution >= 4 is 23.2 Å². The fourth-order valence-corrected chi connectivity index (χ4v) is 3.02. The summed E-state index contributed by atoms with van der Waals surface area (Å²) in [5.74, 6) is 0.480. The van der Waals surface area contributed by atoms with Crippen molar-refractivity contribution in [2.45, 2.75) is 20.4 Å². The molecule has 6 heteroatoms. The van der Waals surface area contributed by atoms with Gasteiger partial charge in [0.15, 0.2) is 6.61 Å². The Morgan fingerprint density at radius 2 is 1.78 bits per heavy atom. The average molecular weight is 384 g/mol. The zero-order valence-corrected chi connectivity index (χ0v) is 16.4. The van der Waals surface area contributed by atoms with E-state index in [-0.39, 0.29) is 12.5 Å². The maximum absolute atomic E-state index is 13.0. The monoisotopic (exact) mass is 383 g/mol. The number of rotatable bonds is 6. The predicted octanol–water partition coefficient (Wildman–Crippen LogP) is 4.30. The molecular weight excluding hydrogens is 362 g/mol.